The molecular weight excluding hydrogens is 308 g/mol. The summed E-state index contributed by atoms with van der Waals surface area (Å²) in [5, 5.41) is 0. The Morgan fingerprint density at radius 3 is 2.12 bits per heavy atom. The van der Waals surface area contributed by atoms with Crippen LogP contribution in [0, 0.1) is 11.3 Å². The Morgan fingerprint density at radius 1 is 1.08 bits per heavy atom. The van der Waals surface area contributed by atoms with E-state index in [4.69, 9.17) is 9.47 Å². The predicted molar refractivity (Wildman–Crippen MR) is 88.3 cm³/mol. The summed E-state index contributed by atoms with van der Waals surface area (Å²) in [6.45, 7) is 7.59. The molecule has 0 aliphatic heterocycles. The van der Waals surface area contributed by atoms with Gasteiger partial charge in [0.05, 0.1) is 13.2 Å². The molecule has 1 aliphatic rings. The molecular formula is C19H22O5. The van der Waals surface area contributed by atoms with Crippen LogP contribution in [0.15, 0.2) is 42.5 Å². The maximum absolute atomic E-state index is 12.7. The molecule has 0 radical (unpaired) electrons. The minimum atomic E-state index is -1.47. The van der Waals surface area contributed by atoms with Gasteiger partial charge >= 0.3 is 11.9 Å². The van der Waals surface area contributed by atoms with Crippen molar-refractivity contribution in [3.05, 3.63) is 48.0 Å². The number of ketones is 1. The van der Waals surface area contributed by atoms with Gasteiger partial charge in [-0.1, -0.05) is 42.5 Å². The van der Waals surface area contributed by atoms with Gasteiger partial charge in [0.1, 0.15) is 0 Å². The molecule has 0 bridgehead atoms. The molecule has 1 saturated carbocycles. The third kappa shape index (κ3) is 3.25. The summed E-state index contributed by atoms with van der Waals surface area (Å²) in [6, 6.07) is 8.79. The Bertz CT molecular complexity index is 629. The molecule has 1 atom stereocenters. The molecule has 0 spiro atoms. The Kier molecular flexibility index (Phi) is 5.54. The number of carbonyl (C=O) groups excluding carboxylic acids is 3. The van der Waals surface area contributed by atoms with Gasteiger partial charge in [-0.15, -0.1) is 0 Å². The van der Waals surface area contributed by atoms with Gasteiger partial charge in [-0.05, 0) is 26.7 Å². The molecule has 5 heteroatoms. The first-order chi connectivity index (χ1) is 11.5. The zero-order valence-corrected chi connectivity index (χ0v) is 14.0. The lowest BCUT2D eigenvalue weighted by atomic mass is 9.84. The normalized spacial score (nSPS) is 18.9. The number of benzene rings is 1. The van der Waals surface area contributed by atoms with Crippen LogP contribution in [-0.2, 0) is 19.1 Å². The van der Waals surface area contributed by atoms with E-state index in [1.165, 1.54) is 0 Å². The van der Waals surface area contributed by atoms with Crippen molar-refractivity contribution in [2.75, 3.05) is 13.2 Å². The lowest BCUT2D eigenvalue weighted by Gasteiger charge is -2.24. The summed E-state index contributed by atoms with van der Waals surface area (Å²) < 4.78 is 10.2. The highest BCUT2D eigenvalue weighted by Gasteiger charge is 2.56. The van der Waals surface area contributed by atoms with Crippen LogP contribution >= 0.6 is 0 Å². The Hall–Kier alpha value is -2.43. The fourth-order valence-electron chi connectivity index (χ4n) is 3.09. The van der Waals surface area contributed by atoms with Crippen LogP contribution in [0.1, 0.15) is 37.0 Å². The van der Waals surface area contributed by atoms with Gasteiger partial charge in [0.15, 0.2) is 11.2 Å². The van der Waals surface area contributed by atoms with E-state index in [0.717, 1.165) is 0 Å². The average molecular weight is 330 g/mol. The van der Waals surface area contributed by atoms with Crippen molar-refractivity contribution in [1.82, 2.24) is 0 Å². The molecule has 1 unspecified atom stereocenters. The zero-order chi connectivity index (χ0) is 17.7. The minimum Gasteiger partial charge on any atom is -0.465 e. The van der Waals surface area contributed by atoms with E-state index in [1.807, 2.05) is 6.07 Å². The van der Waals surface area contributed by atoms with Crippen molar-refractivity contribution in [2.45, 2.75) is 26.7 Å². The Morgan fingerprint density at radius 2 is 1.62 bits per heavy atom. The van der Waals surface area contributed by atoms with Gasteiger partial charge in [-0.2, -0.15) is 0 Å². The molecule has 24 heavy (non-hydrogen) atoms. The van der Waals surface area contributed by atoms with Crippen molar-refractivity contribution in [2.24, 2.45) is 11.3 Å². The van der Waals surface area contributed by atoms with E-state index in [2.05, 4.69) is 6.58 Å². The van der Waals surface area contributed by atoms with E-state index < -0.39 is 23.3 Å². The number of hydrogen-bond acceptors (Lipinski definition) is 5. The molecule has 1 aromatic carbocycles. The van der Waals surface area contributed by atoms with Crippen molar-refractivity contribution >= 4 is 17.7 Å². The summed E-state index contributed by atoms with van der Waals surface area (Å²) in [7, 11) is 0. The number of hydrogen-bond donors (Lipinski definition) is 0. The first-order valence-electron chi connectivity index (χ1n) is 8.07. The second kappa shape index (κ2) is 7.43. The number of esters is 2. The number of ether oxygens (including phenoxy) is 2. The highest BCUT2D eigenvalue weighted by Crippen LogP contribution is 2.47. The lowest BCUT2D eigenvalue weighted by Crippen LogP contribution is -2.40. The molecule has 0 saturated heterocycles. The molecule has 1 aromatic rings. The standard InChI is InChI=1S/C19H22O5/c1-4-23-17(21)19(18(22)24-5-2)11-13(3)15(12-19)16(20)14-9-7-6-8-10-14/h6-10,15H,3-5,11-12H2,1-2H3. The predicted octanol–water partition coefficient (Wildman–Crippen LogP) is 2.95. The van der Waals surface area contributed by atoms with Gasteiger partial charge in [0.2, 0.25) is 0 Å². The van der Waals surface area contributed by atoms with Gasteiger partial charge in [0.25, 0.3) is 0 Å². The van der Waals surface area contributed by atoms with E-state index in [-0.39, 0.29) is 31.8 Å². The molecule has 5 nitrogen and oxygen atoms in total. The minimum absolute atomic E-state index is 0.0389. The van der Waals surface area contributed by atoms with Crippen molar-refractivity contribution < 1.29 is 23.9 Å². The summed E-state index contributed by atoms with van der Waals surface area (Å²) in [6.07, 6.45) is 0.116. The van der Waals surface area contributed by atoms with Gasteiger partial charge < -0.3 is 9.47 Å². The average Bonchev–Trinajstić information content (AvgIpc) is 2.94. The van der Waals surface area contributed by atoms with E-state index >= 15 is 0 Å². The van der Waals surface area contributed by atoms with Crippen molar-refractivity contribution in [3.8, 4) is 0 Å². The topological polar surface area (TPSA) is 69.7 Å². The maximum atomic E-state index is 12.7. The van der Waals surface area contributed by atoms with Gasteiger partial charge in [0, 0.05) is 11.5 Å². The van der Waals surface area contributed by atoms with Crippen LogP contribution < -0.4 is 0 Å². The largest absolute Gasteiger partial charge is 0.465 e. The number of Topliss-reactive ketones (excluding diaryl/α,β-unsaturated/α-hetero) is 1. The van der Waals surface area contributed by atoms with Crippen LogP contribution in [0.25, 0.3) is 0 Å². The smallest absolute Gasteiger partial charge is 0.323 e. The van der Waals surface area contributed by atoms with E-state index in [0.29, 0.717) is 11.1 Å². The highest BCUT2D eigenvalue weighted by molar-refractivity contribution is 6.05. The quantitative estimate of drug-likeness (QED) is 0.347. The first kappa shape index (κ1) is 17.9. The summed E-state index contributed by atoms with van der Waals surface area (Å²) >= 11 is 0. The van der Waals surface area contributed by atoms with Crippen LogP contribution in [0.4, 0.5) is 0 Å². The lowest BCUT2D eigenvalue weighted by molar-refractivity contribution is -0.171. The third-order valence-corrected chi connectivity index (χ3v) is 4.28. The second-order valence-corrected chi connectivity index (χ2v) is 5.85. The number of allylic oxidation sites excluding steroid dienone is 1. The molecule has 1 aliphatic carbocycles. The van der Waals surface area contributed by atoms with Crippen LogP contribution in [-0.4, -0.2) is 30.9 Å². The SMILES string of the molecule is C=C1CC(C(=O)OCC)(C(=O)OCC)CC1C(=O)c1ccccc1. The highest BCUT2D eigenvalue weighted by atomic mass is 16.6. The fraction of sp³-hybridized carbons (Fsp3) is 0.421. The van der Waals surface area contributed by atoms with E-state index in [9.17, 15) is 14.4 Å². The van der Waals surface area contributed by atoms with Gasteiger partial charge in [-0.3, -0.25) is 14.4 Å². The van der Waals surface area contributed by atoms with Crippen molar-refractivity contribution in [1.29, 1.82) is 0 Å². The van der Waals surface area contributed by atoms with E-state index in [1.54, 1.807) is 38.1 Å². The third-order valence-electron chi connectivity index (χ3n) is 4.28. The molecule has 0 aromatic heterocycles. The van der Waals surface area contributed by atoms with Gasteiger partial charge in [-0.25, -0.2) is 0 Å². The summed E-state index contributed by atoms with van der Waals surface area (Å²) in [5.74, 6) is -2.03. The number of carbonyl (C=O) groups is 3. The zero-order valence-electron chi connectivity index (χ0n) is 14.0. The number of rotatable bonds is 6. The molecule has 0 N–H and O–H groups in total. The molecule has 0 heterocycles. The monoisotopic (exact) mass is 330 g/mol. The van der Waals surface area contributed by atoms with Crippen LogP contribution in [0.3, 0.4) is 0 Å². The Labute approximate surface area is 141 Å². The fourth-order valence-corrected chi connectivity index (χ4v) is 3.09. The Balaban J connectivity index is 2.32. The van der Waals surface area contributed by atoms with Crippen LogP contribution in [0.2, 0.25) is 0 Å². The first-order valence-corrected chi connectivity index (χ1v) is 8.07. The summed E-state index contributed by atoms with van der Waals surface area (Å²) in [4.78, 5) is 37.7. The molecule has 128 valence electrons. The summed E-state index contributed by atoms with van der Waals surface area (Å²) in [5.41, 5.74) is -0.379. The molecule has 2 rings (SSSR count). The molecule has 1 fully saturated rings. The van der Waals surface area contributed by atoms with Crippen LogP contribution in [0.5, 0.6) is 0 Å². The molecule has 0 amide bonds. The van der Waals surface area contributed by atoms with Crippen molar-refractivity contribution in [3.63, 3.8) is 0 Å². The second-order valence-electron chi connectivity index (χ2n) is 5.85. The maximum Gasteiger partial charge on any atom is 0.323 e.